The van der Waals surface area contributed by atoms with Crippen LogP contribution in [0.25, 0.3) is 0 Å². The Morgan fingerprint density at radius 3 is 3.14 bits per heavy atom. The van der Waals surface area contributed by atoms with Gasteiger partial charge in [0.15, 0.2) is 5.78 Å². The lowest BCUT2D eigenvalue weighted by Gasteiger charge is -2.18. The summed E-state index contributed by atoms with van der Waals surface area (Å²) in [6.07, 6.45) is 2.28. The van der Waals surface area contributed by atoms with Gasteiger partial charge >= 0.3 is 0 Å². The molecule has 1 aliphatic rings. The predicted octanol–water partition coefficient (Wildman–Crippen LogP) is 2.10. The Morgan fingerprint density at radius 1 is 1.57 bits per heavy atom. The molecule has 1 aliphatic heterocycles. The van der Waals surface area contributed by atoms with Crippen LogP contribution in [-0.2, 0) is 11.2 Å². The summed E-state index contributed by atoms with van der Waals surface area (Å²) >= 11 is 5.25. The molecule has 0 radical (unpaired) electrons. The van der Waals surface area contributed by atoms with Crippen LogP contribution >= 0.6 is 34.9 Å². The molecule has 5 heteroatoms. The number of carbonyl (C=O) groups excluding carboxylic acids is 1. The summed E-state index contributed by atoms with van der Waals surface area (Å²) in [6.45, 7) is 0. The lowest BCUT2D eigenvalue weighted by atomic mass is 10.2. The average Bonchev–Trinajstić information content (AvgIpc) is 2.72. The highest BCUT2D eigenvalue weighted by Gasteiger charge is 2.22. The summed E-state index contributed by atoms with van der Waals surface area (Å²) in [6, 6.07) is 0. The second kappa shape index (κ2) is 5.19. The highest BCUT2D eigenvalue weighted by molar-refractivity contribution is 8.07. The number of thiazole rings is 1. The van der Waals surface area contributed by atoms with Crippen LogP contribution in [0.2, 0.25) is 0 Å². The first-order valence-corrected chi connectivity index (χ1v) is 7.55. The molecular weight excluding hydrogens is 234 g/mol. The fourth-order valence-electron chi connectivity index (χ4n) is 1.28. The number of ketones is 1. The molecule has 0 saturated carbocycles. The lowest BCUT2D eigenvalue weighted by molar-refractivity contribution is -0.117. The maximum atomic E-state index is 11.8. The molecule has 1 saturated heterocycles. The van der Waals surface area contributed by atoms with Gasteiger partial charge in [-0.1, -0.05) is 0 Å². The largest absolute Gasteiger partial charge is 0.298 e. The normalized spacial score (nSPS) is 22.1. The van der Waals surface area contributed by atoms with Gasteiger partial charge in [-0.25, -0.2) is 4.98 Å². The SMILES string of the molecule is O=C(Cc1nccs1)C1CSCCS1. The first kappa shape index (κ1) is 10.5. The van der Waals surface area contributed by atoms with Gasteiger partial charge in [0.05, 0.1) is 16.7 Å². The van der Waals surface area contributed by atoms with Crippen molar-refractivity contribution in [1.82, 2.24) is 4.98 Å². The molecule has 1 unspecified atom stereocenters. The molecule has 1 aromatic heterocycles. The standard InChI is InChI=1S/C9H11NOS3/c11-7(5-9-10-1-2-14-9)8-6-12-3-4-13-8/h1-2,8H,3-6H2. The Bertz CT molecular complexity index is 293. The molecular formula is C9H11NOS3. The first-order chi connectivity index (χ1) is 6.86. The summed E-state index contributed by atoms with van der Waals surface area (Å²) in [7, 11) is 0. The Kier molecular flexibility index (Phi) is 3.89. The zero-order valence-electron chi connectivity index (χ0n) is 7.64. The molecule has 1 atom stereocenters. The van der Waals surface area contributed by atoms with Crippen molar-refractivity contribution in [1.29, 1.82) is 0 Å². The van der Waals surface area contributed by atoms with E-state index in [4.69, 9.17) is 0 Å². The van der Waals surface area contributed by atoms with Crippen LogP contribution in [0, 0.1) is 0 Å². The van der Waals surface area contributed by atoms with Gasteiger partial charge in [-0.3, -0.25) is 4.79 Å². The van der Waals surface area contributed by atoms with Crippen LogP contribution in [0.3, 0.4) is 0 Å². The Morgan fingerprint density at radius 2 is 2.50 bits per heavy atom. The minimum atomic E-state index is 0.206. The van der Waals surface area contributed by atoms with E-state index in [1.165, 1.54) is 5.75 Å². The summed E-state index contributed by atoms with van der Waals surface area (Å²) in [4.78, 5) is 15.9. The van der Waals surface area contributed by atoms with E-state index < -0.39 is 0 Å². The van der Waals surface area contributed by atoms with E-state index in [1.54, 1.807) is 29.3 Å². The van der Waals surface area contributed by atoms with Gasteiger partial charge in [-0.2, -0.15) is 11.8 Å². The summed E-state index contributed by atoms with van der Waals surface area (Å²) in [5.74, 6) is 3.62. The highest BCUT2D eigenvalue weighted by Crippen LogP contribution is 2.25. The van der Waals surface area contributed by atoms with Crippen LogP contribution in [0.1, 0.15) is 5.01 Å². The Labute approximate surface area is 95.9 Å². The van der Waals surface area contributed by atoms with Crippen LogP contribution in [0.15, 0.2) is 11.6 Å². The fraction of sp³-hybridized carbons (Fsp3) is 0.556. The minimum Gasteiger partial charge on any atom is -0.298 e. The Balaban J connectivity index is 1.88. The van der Waals surface area contributed by atoms with E-state index >= 15 is 0 Å². The minimum absolute atomic E-state index is 0.206. The summed E-state index contributed by atoms with van der Waals surface area (Å²) in [5.41, 5.74) is 0. The monoisotopic (exact) mass is 245 g/mol. The maximum Gasteiger partial charge on any atom is 0.153 e. The van der Waals surface area contributed by atoms with Crippen molar-refractivity contribution in [3.8, 4) is 0 Å². The summed E-state index contributed by atoms with van der Waals surface area (Å²) in [5, 5.41) is 3.08. The van der Waals surface area contributed by atoms with Gasteiger partial charge < -0.3 is 0 Å². The summed E-state index contributed by atoms with van der Waals surface area (Å²) < 4.78 is 0. The van der Waals surface area contributed by atoms with Crippen LogP contribution in [0.4, 0.5) is 0 Å². The van der Waals surface area contributed by atoms with Crippen molar-refractivity contribution in [3.63, 3.8) is 0 Å². The van der Waals surface area contributed by atoms with Gasteiger partial charge in [0, 0.05) is 28.8 Å². The molecule has 14 heavy (non-hydrogen) atoms. The highest BCUT2D eigenvalue weighted by atomic mass is 32.2. The molecule has 2 nitrogen and oxygen atoms in total. The van der Waals surface area contributed by atoms with Gasteiger partial charge in [-0.05, 0) is 0 Å². The molecule has 2 rings (SSSR count). The third-order valence-electron chi connectivity index (χ3n) is 1.98. The zero-order chi connectivity index (χ0) is 9.80. The van der Waals surface area contributed by atoms with Crippen LogP contribution < -0.4 is 0 Å². The van der Waals surface area contributed by atoms with E-state index in [9.17, 15) is 4.79 Å². The van der Waals surface area contributed by atoms with Crippen LogP contribution in [-0.4, -0.2) is 33.3 Å². The molecule has 0 aliphatic carbocycles. The molecule has 0 N–H and O–H groups in total. The number of hydrogen-bond donors (Lipinski definition) is 0. The van der Waals surface area contributed by atoms with Crippen LogP contribution in [0.5, 0.6) is 0 Å². The second-order valence-corrected chi connectivity index (χ2v) is 6.44. The molecule has 0 aromatic carbocycles. The quantitative estimate of drug-likeness (QED) is 0.816. The van der Waals surface area contributed by atoms with E-state index in [0.717, 1.165) is 16.5 Å². The fourth-order valence-corrected chi connectivity index (χ4v) is 4.55. The molecule has 76 valence electrons. The number of carbonyl (C=O) groups is 1. The second-order valence-electron chi connectivity index (χ2n) is 3.00. The third-order valence-corrected chi connectivity index (χ3v) is 5.57. The molecule has 0 bridgehead atoms. The van der Waals surface area contributed by atoms with Gasteiger partial charge in [0.1, 0.15) is 0 Å². The van der Waals surface area contributed by atoms with Crippen molar-refractivity contribution in [3.05, 3.63) is 16.6 Å². The zero-order valence-corrected chi connectivity index (χ0v) is 10.1. The molecule has 1 aromatic rings. The van der Waals surface area contributed by atoms with Gasteiger partial charge in [0.2, 0.25) is 0 Å². The van der Waals surface area contributed by atoms with Crippen molar-refractivity contribution in [2.75, 3.05) is 17.3 Å². The number of Topliss-reactive ketones (excluding diaryl/α,β-unsaturated/α-hetero) is 1. The van der Waals surface area contributed by atoms with E-state index in [0.29, 0.717) is 12.2 Å². The average molecular weight is 245 g/mol. The Hall–Kier alpha value is -0.000000000000000111. The van der Waals surface area contributed by atoms with E-state index in [1.807, 2.05) is 17.1 Å². The van der Waals surface area contributed by atoms with Crippen molar-refractivity contribution >= 4 is 40.6 Å². The number of rotatable bonds is 3. The maximum absolute atomic E-state index is 11.8. The number of aromatic nitrogens is 1. The number of nitrogens with zero attached hydrogens (tertiary/aromatic N) is 1. The van der Waals surface area contributed by atoms with E-state index in [-0.39, 0.29) is 5.25 Å². The molecule has 1 fully saturated rings. The van der Waals surface area contributed by atoms with Crippen molar-refractivity contribution in [2.24, 2.45) is 0 Å². The van der Waals surface area contributed by atoms with Gasteiger partial charge in [0.25, 0.3) is 0 Å². The van der Waals surface area contributed by atoms with Gasteiger partial charge in [-0.15, -0.1) is 23.1 Å². The molecule has 0 amide bonds. The van der Waals surface area contributed by atoms with Crippen molar-refractivity contribution in [2.45, 2.75) is 11.7 Å². The third kappa shape index (κ3) is 2.74. The topological polar surface area (TPSA) is 30.0 Å². The number of hydrogen-bond acceptors (Lipinski definition) is 5. The lowest BCUT2D eigenvalue weighted by Crippen LogP contribution is -2.25. The first-order valence-electron chi connectivity index (χ1n) is 4.46. The van der Waals surface area contributed by atoms with E-state index in [2.05, 4.69) is 4.98 Å². The molecule has 2 heterocycles. The molecule has 0 spiro atoms. The number of thioether (sulfide) groups is 2. The smallest absolute Gasteiger partial charge is 0.153 e. The predicted molar refractivity (Wildman–Crippen MR) is 64.4 cm³/mol. The van der Waals surface area contributed by atoms with Crippen molar-refractivity contribution < 1.29 is 4.79 Å².